The molecule has 0 saturated heterocycles. The molecule has 0 radical (unpaired) electrons. The van der Waals surface area contributed by atoms with Crippen LogP contribution in [-0.2, 0) is 6.54 Å². The van der Waals surface area contributed by atoms with Crippen molar-refractivity contribution < 1.29 is 3.07 Å². The van der Waals surface area contributed by atoms with Crippen molar-refractivity contribution in [3.8, 4) is 11.8 Å². The van der Waals surface area contributed by atoms with Gasteiger partial charge in [0.05, 0.1) is 11.6 Å². The lowest BCUT2D eigenvalue weighted by atomic mass is 10.1. The Hall–Kier alpha value is -2.27. The van der Waals surface area contributed by atoms with Gasteiger partial charge in [0, 0.05) is 42.3 Å². The third-order valence-electron chi connectivity index (χ3n) is 3.35. The van der Waals surface area contributed by atoms with Gasteiger partial charge in [0.2, 0.25) is 0 Å². The first-order valence-electron chi connectivity index (χ1n) is 6.51. The third kappa shape index (κ3) is 3.49. The standard InChI is InChI=1S/C16H15IN4O/c1-21(14-4-2-11(8-18)3-5-14)10-13-6-15(20)12(9-19)7-16(13)22-17/h2-7,9,19H,10,20H2,1H3. The van der Waals surface area contributed by atoms with E-state index in [2.05, 4.69) is 6.07 Å². The number of nitriles is 1. The molecular formula is C16H15IN4O. The van der Waals surface area contributed by atoms with E-state index in [1.165, 1.54) is 6.21 Å². The van der Waals surface area contributed by atoms with Crippen LogP contribution < -0.4 is 13.7 Å². The van der Waals surface area contributed by atoms with Crippen LogP contribution in [0.3, 0.4) is 0 Å². The lowest BCUT2D eigenvalue weighted by molar-refractivity contribution is 0.696. The molecule has 0 aromatic heterocycles. The normalized spacial score (nSPS) is 9.86. The van der Waals surface area contributed by atoms with Crippen LogP contribution in [0, 0.1) is 16.7 Å². The summed E-state index contributed by atoms with van der Waals surface area (Å²) in [7, 11) is 1.96. The fourth-order valence-corrected chi connectivity index (χ4v) is 2.53. The van der Waals surface area contributed by atoms with Gasteiger partial charge in [-0.2, -0.15) is 5.26 Å². The maximum absolute atomic E-state index is 8.84. The molecule has 2 aromatic carbocycles. The average molecular weight is 406 g/mol. The molecule has 0 saturated carbocycles. The Kier molecular flexibility index (Phi) is 5.22. The van der Waals surface area contributed by atoms with Crippen molar-refractivity contribution in [3.63, 3.8) is 0 Å². The number of hydrogen-bond acceptors (Lipinski definition) is 5. The van der Waals surface area contributed by atoms with Gasteiger partial charge in [0.1, 0.15) is 5.75 Å². The predicted molar refractivity (Wildman–Crippen MR) is 96.7 cm³/mol. The molecule has 0 heterocycles. The molecule has 3 N–H and O–H groups in total. The molecular weight excluding hydrogens is 391 g/mol. The summed E-state index contributed by atoms with van der Waals surface area (Å²) in [6, 6.07) is 13.1. The maximum Gasteiger partial charge on any atom is 0.192 e. The number of nitrogen functional groups attached to an aromatic ring is 1. The summed E-state index contributed by atoms with van der Waals surface area (Å²) in [5, 5.41) is 16.2. The quantitative estimate of drug-likeness (QED) is 0.452. The van der Waals surface area contributed by atoms with E-state index in [1.54, 1.807) is 18.2 Å². The monoisotopic (exact) mass is 406 g/mol. The molecule has 0 unspecified atom stereocenters. The van der Waals surface area contributed by atoms with Crippen LogP contribution in [0.15, 0.2) is 36.4 Å². The van der Waals surface area contributed by atoms with Gasteiger partial charge in [-0.05, 0) is 36.4 Å². The van der Waals surface area contributed by atoms with Crippen molar-refractivity contribution in [2.75, 3.05) is 17.7 Å². The van der Waals surface area contributed by atoms with Crippen LogP contribution in [0.2, 0.25) is 0 Å². The second-order valence-corrected chi connectivity index (χ2v) is 5.27. The van der Waals surface area contributed by atoms with Gasteiger partial charge in [-0.15, -0.1) is 0 Å². The van der Waals surface area contributed by atoms with Crippen molar-refractivity contribution >= 4 is 40.6 Å². The first-order chi connectivity index (χ1) is 10.6. The minimum absolute atomic E-state index is 0.551. The third-order valence-corrected chi connectivity index (χ3v) is 3.82. The number of hydrogen-bond donors (Lipinski definition) is 2. The Morgan fingerprint density at radius 1 is 1.36 bits per heavy atom. The highest BCUT2D eigenvalue weighted by molar-refractivity contribution is 14.1. The Morgan fingerprint density at radius 3 is 2.59 bits per heavy atom. The van der Waals surface area contributed by atoms with Gasteiger partial charge >= 0.3 is 0 Å². The fourth-order valence-electron chi connectivity index (χ4n) is 2.12. The zero-order valence-corrected chi connectivity index (χ0v) is 14.2. The molecule has 2 aromatic rings. The number of benzene rings is 2. The molecule has 6 heteroatoms. The average Bonchev–Trinajstić information content (AvgIpc) is 2.55. The topological polar surface area (TPSA) is 86.1 Å². The van der Waals surface area contributed by atoms with Crippen molar-refractivity contribution in [2.24, 2.45) is 0 Å². The minimum atomic E-state index is 0.551. The molecule has 2 rings (SSSR count). The maximum atomic E-state index is 8.84. The van der Waals surface area contributed by atoms with Gasteiger partial charge in [-0.1, -0.05) is 0 Å². The van der Waals surface area contributed by atoms with E-state index < -0.39 is 0 Å². The van der Waals surface area contributed by atoms with E-state index in [-0.39, 0.29) is 0 Å². The number of rotatable bonds is 5. The van der Waals surface area contributed by atoms with Crippen LogP contribution in [0.4, 0.5) is 11.4 Å². The lowest BCUT2D eigenvalue weighted by Crippen LogP contribution is -2.17. The second-order valence-electron chi connectivity index (χ2n) is 4.83. The highest BCUT2D eigenvalue weighted by Gasteiger charge is 2.11. The number of nitrogens with one attached hydrogen (secondary N) is 1. The van der Waals surface area contributed by atoms with Gasteiger partial charge in [-0.25, -0.2) is 0 Å². The van der Waals surface area contributed by atoms with Crippen molar-refractivity contribution in [1.29, 1.82) is 10.7 Å². The Bertz CT molecular complexity index is 722. The van der Waals surface area contributed by atoms with E-state index in [0.717, 1.165) is 11.3 Å². The van der Waals surface area contributed by atoms with Gasteiger partial charge in [-0.3, -0.25) is 0 Å². The molecule has 0 atom stereocenters. The lowest BCUT2D eigenvalue weighted by Gasteiger charge is -2.21. The summed E-state index contributed by atoms with van der Waals surface area (Å²) in [5.41, 5.74) is 9.69. The first-order valence-corrected chi connectivity index (χ1v) is 7.40. The number of anilines is 2. The summed E-state index contributed by atoms with van der Waals surface area (Å²) in [6.45, 7) is 0.604. The summed E-state index contributed by atoms with van der Waals surface area (Å²) in [5.74, 6) is 0.689. The Labute approximate surface area is 143 Å². The van der Waals surface area contributed by atoms with Gasteiger partial charge in [0.15, 0.2) is 23.0 Å². The Morgan fingerprint density at radius 2 is 2.05 bits per heavy atom. The van der Waals surface area contributed by atoms with E-state index in [1.807, 2.05) is 53.2 Å². The smallest absolute Gasteiger partial charge is 0.192 e. The molecule has 0 amide bonds. The van der Waals surface area contributed by atoms with Crippen molar-refractivity contribution in [2.45, 2.75) is 6.54 Å². The second kappa shape index (κ2) is 7.13. The molecule has 22 heavy (non-hydrogen) atoms. The fraction of sp³-hybridized carbons (Fsp3) is 0.125. The number of nitrogens with two attached hydrogens (primary N) is 1. The zero-order valence-electron chi connectivity index (χ0n) is 12.0. The van der Waals surface area contributed by atoms with Gasteiger partial charge < -0.3 is 19.1 Å². The summed E-state index contributed by atoms with van der Waals surface area (Å²) in [6.07, 6.45) is 1.21. The predicted octanol–water partition coefficient (Wildman–Crippen LogP) is 3.50. The van der Waals surface area contributed by atoms with E-state index >= 15 is 0 Å². The van der Waals surface area contributed by atoms with Crippen LogP contribution >= 0.6 is 23.0 Å². The van der Waals surface area contributed by atoms with Crippen LogP contribution in [0.25, 0.3) is 0 Å². The SMILES string of the molecule is CN(Cc1cc(N)c(C=N)cc1OI)c1ccc(C#N)cc1. The Balaban J connectivity index is 2.27. The molecule has 0 aliphatic heterocycles. The van der Waals surface area contributed by atoms with Crippen LogP contribution in [0.1, 0.15) is 16.7 Å². The van der Waals surface area contributed by atoms with Gasteiger partial charge in [0.25, 0.3) is 0 Å². The largest absolute Gasteiger partial charge is 0.427 e. The molecule has 112 valence electrons. The van der Waals surface area contributed by atoms with Crippen molar-refractivity contribution in [1.82, 2.24) is 0 Å². The first kappa shape index (κ1) is 16.1. The van der Waals surface area contributed by atoms with Crippen LogP contribution in [-0.4, -0.2) is 13.3 Å². The molecule has 0 fully saturated rings. The van der Waals surface area contributed by atoms with Crippen molar-refractivity contribution in [3.05, 3.63) is 53.1 Å². The molecule has 0 bridgehead atoms. The minimum Gasteiger partial charge on any atom is -0.427 e. The van der Waals surface area contributed by atoms with E-state index in [0.29, 0.717) is 29.1 Å². The molecule has 5 nitrogen and oxygen atoms in total. The summed E-state index contributed by atoms with van der Waals surface area (Å²) >= 11 is 1.82. The highest BCUT2D eigenvalue weighted by atomic mass is 127. The molecule has 0 spiro atoms. The van der Waals surface area contributed by atoms with E-state index in [9.17, 15) is 0 Å². The van der Waals surface area contributed by atoms with E-state index in [4.69, 9.17) is 19.5 Å². The number of nitrogens with zero attached hydrogens (tertiary/aromatic N) is 2. The summed E-state index contributed by atoms with van der Waals surface area (Å²) < 4.78 is 5.36. The molecule has 0 aliphatic carbocycles. The summed E-state index contributed by atoms with van der Waals surface area (Å²) in [4.78, 5) is 2.04. The number of halogens is 1. The highest BCUT2D eigenvalue weighted by Crippen LogP contribution is 2.28. The molecule has 0 aliphatic rings. The zero-order chi connectivity index (χ0) is 16.1. The van der Waals surface area contributed by atoms with Crippen LogP contribution in [0.5, 0.6) is 5.75 Å².